The highest BCUT2D eigenvalue weighted by atomic mass is 16.4. The van der Waals surface area contributed by atoms with Crippen molar-refractivity contribution in [1.82, 2.24) is 10.6 Å². The molecular formula is C13H18N3O5+. The van der Waals surface area contributed by atoms with Crippen molar-refractivity contribution in [2.24, 2.45) is 0 Å². The van der Waals surface area contributed by atoms with Crippen molar-refractivity contribution in [3.05, 3.63) is 29.8 Å². The number of aliphatic carboxylic acids is 1. The second kappa shape index (κ2) is 7.85. The predicted molar refractivity (Wildman–Crippen MR) is 72.1 cm³/mol. The van der Waals surface area contributed by atoms with E-state index in [-0.39, 0.29) is 12.3 Å². The molecule has 0 heterocycles. The number of carboxylic acids is 1. The first-order chi connectivity index (χ1) is 9.88. The highest BCUT2D eigenvalue weighted by Crippen LogP contribution is 2.10. The van der Waals surface area contributed by atoms with Crippen LogP contribution in [-0.2, 0) is 20.8 Å². The maximum absolute atomic E-state index is 11.7. The van der Waals surface area contributed by atoms with E-state index in [1.165, 1.54) is 12.1 Å². The molecule has 8 heteroatoms. The summed E-state index contributed by atoms with van der Waals surface area (Å²) >= 11 is 0. The molecule has 2 amide bonds. The zero-order valence-corrected chi connectivity index (χ0v) is 11.3. The lowest BCUT2D eigenvalue weighted by Gasteiger charge is -2.09. The number of carboxylic acid groups (broad SMARTS) is 1. The Morgan fingerprint density at radius 1 is 1.10 bits per heavy atom. The minimum atomic E-state index is -1.16. The fourth-order valence-corrected chi connectivity index (χ4v) is 1.56. The fourth-order valence-electron chi connectivity index (χ4n) is 1.56. The number of carbonyl (C=O) groups is 3. The summed E-state index contributed by atoms with van der Waals surface area (Å²) in [5.74, 6) is -2.01. The third kappa shape index (κ3) is 6.39. The second-order valence-corrected chi connectivity index (χ2v) is 4.46. The summed E-state index contributed by atoms with van der Waals surface area (Å²) in [7, 11) is 0. The molecule has 0 fully saturated rings. The lowest BCUT2D eigenvalue weighted by molar-refractivity contribution is -0.403. The van der Waals surface area contributed by atoms with Crippen molar-refractivity contribution < 1.29 is 30.3 Å². The quantitative estimate of drug-likeness (QED) is 0.390. The van der Waals surface area contributed by atoms with Gasteiger partial charge in [0.2, 0.25) is 5.91 Å². The van der Waals surface area contributed by atoms with Gasteiger partial charge in [0.15, 0.2) is 6.04 Å². The number of quaternary nitrogens is 1. The monoisotopic (exact) mass is 296 g/mol. The van der Waals surface area contributed by atoms with E-state index >= 15 is 0 Å². The van der Waals surface area contributed by atoms with E-state index in [1.807, 2.05) is 0 Å². The summed E-state index contributed by atoms with van der Waals surface area (Å²) in [5.41, 5.74) is 4.54. The highest BCUT2D eigenvalue weighted by molar-refractivity contribution is 5.88. The van der Waals surface area contributed by atoms with Gasteiger partial charge in [-0.25, -0.2) is 0 Å². The molecule has 0 saturated carbocycles. The minimum Gasteiger partial charge on any atom is -0.508 e. The van der Waals surface area contributed by atoms with Gasteiger partial charge in [-0.2, -0.15) is 0 Å². The maximum atomic E-state index is 11.7. The van der Waals surface area contributed by atoms with Crippen LogP contribution < -0.4 is 16.4 Å². The molecule has 0 aromatic heterocycles. The van der Waals surface area contributed by atoms with Crippen LogP contribution in [0.5, 0.6) is 5.75 Å². The van der Waals surface area contributed by atoms with Gasteiger partial charge in [-0.3, -0.25) is 14.4 Å². The van der Waals surface area contributed by atoms with Crippen LogP contribution in [0.25, 0.3) is 0 Å². The maximum Gasteiger partial charge on any atom is 0.322 e. The number of carbonyl (C=O) groups excluding carboxylic acids is 2. The van der Waals surface area contributed by atoms with Gasteiger partial charge in [0.05, 0.1) is 6.54 Å². The van der Waals surface area contributed by atoms with Gasteiger partial charge < -0.3 is 26.6 Å². The molecule has 0 aliphatic rings. The zero-order chi connectivity index (χ0) is 15.8. The molecule has 1 aromatic carbocycles. The summed E-state index contributed by atoms with van der Waals surface area (Å²) < 4.78 is 0. The average molecular weight is 296 g/mol. The number of hydrogen-bond donors (Lipinski definition) is 5. The fraction of sp³-hybridized carbons (Fsp3) is 0.308. The molecule has 1 aromatic rings. The Kier molecular flexibility index (Phi) is 6.15. The van der Waals surface area contributed by atoms with Crippen molar-refractivity contribution in [2.75, 3.05) is 13.1 Å². The first-order valence-electron chi connectivity index (χ1n) is 6.25. The molecule has 0 bridgehead atoms. The van der Waals surface area contributed by atoms with Gasteiger partial charge >= 0.3 is 5.97 Å². The lowest BCUT2D eigenvalue weighted by atomic mass is 10.1. The molecule has 0 radical (unpaired) electrons. The predicted octanol–water partition coefficient (Wildman–Crippen LogP) is -2.14. The van der Waals surface area contributed by atoms with Crippen molar-refractivity contribution >= 4 is 17.8 Å². The number of rotatable bonds is 7. The van der Waals surface area contributed by atoms with Crippen molar-refractivity contribution in [2.45, 2.75) is 12.5 Å². The molecule has 114 valence electrons. The Balaban J connectivity index is 2.35. The molecule has 8 nitrogen and oxygen atoms in total. The van der Waals surface area contributed by atoms with E-state index in [4.69, 9.17) is 10.2 Å². The zero-order valence-electron chi connectivity index (χ0n) is 11.3. The molecule has 1 atom stereocenters. The largest absolute Gasteiger partial charge is 0.508 e. The Morgan fingerprint density at radius 3 is 2.29 bits per heavy atom. The van der Waals surface area contributed by atoms with Gasteiger partial charge in [0, 0.05) is 6.42 Å². The number of phenolic OH excluding ortho intramolecular Hbond substituents is 1. The number of hydrogen-bond acceptors (Lipinski definition) is 4. The van der Waals surface area contributed by atoms with Crippen LogP contribution in [0.1, 0.15) is 5.56 Å². The average Bonchev–Trinajstić information content (AvgIpc) is 2.44. The molecule has 21 heavy (non-hydrogen) atoms. The van der Waals surface area contributed by atoms with Crippen LogP contribution in [0.4, 0.5) is 0 Å². The van der Waals surface area contributed by atoms with Gasteiger partial charge in [0.25, 0.3) is 5.91 Å². The number of benzene rings is 1. The molecule has 0 aliphatic carbocycles. The first kappa shape index (κ1) is 16.4. The molecule has 1 rings (SSSR count). The van der Waals surface area contributed by atoms with E-state index in [9.17, 15) is 14.4 Å². The SMILES string of the molecule is [NH3+]C(Cc1ccc(O)cc1)C(=O)NCC(=O)NCC(=O)O. The molecule has 0 spiro atoms. The van der Waals surface area contributed by atoms with Crippen molar-refractivity contribution in [1.29, 1.82) is 0 Å². The molecular weight excluding hydrogens is 278 g/mol. The smallest absolute Gasteiger partial charge is 0.322 e. The second-order valence-electron chi connectivity index (χ2n) is 4.46. The normalized spacial score (nSPS) is 11.5. The third-order valence-corrected chi connectivity index (χ3v) is 2.65. The van der Waals surface area contributed by atoms with Crippen molar-refractivity contribution in [3.8, 4) is 5.75 Å². The summed E-state index contributed by atoms with van der Waals surface area (Å²) in [4.78, 5) is 33.2. The van der Waals surface area contributed by atoms with E-state index < -0.39 is 30.4 Å². The number of aromatic hydroxyl groups is 1. The van der Waals surface area contributed by atoms with E-state index in [0.717, 1.165) is 5.56 Å². The topological polar surface area (TPSA) is 143 Å². The first-order valence-corrected chi connectivity index (χ1v) is 6.25. The van der Waals surface area contributed by atoms with Gasteiger partial charge in [0.1, 0.15) is 12.3 Å². The highest BCUT2D eigenvalue weighted by Gasteiger charge is 2.18. The van der Waals surface area contributed by atoms with Gasteiger partial charge in [-0.1, -0.05) is 12.1 Å². The van der Waals surface area contributed by atoms with Crippen LogP contribution >= 0.6 is 0 Å². The Labute approximate surface area is 120 Å². The van der Waals surface area contributed by atoms with Crippen molar-refractivity contribution in [3.63, 3.8) is 0 Å². The lowest BCUT2D eigenvalue weighted by Crippen LogP contribution is -2.68. The summed E-state index contributed by atoms with van der Waals surface area (Å²) in [6.07, 6.45) is 0.364. The van der Waals surface area contributed by atoms with Gasteiger partial charge in [-0.05, 0) is 17.7 Å². The van der Waals surface area contributed by atoms with Crippen LogP contribution in [0.3, 0.4) is 0 Å². The van der Waals surface area contributed by atoms with E-state index in [0.29, 0.717) is 6.42 Å². The Morgan fingerprint density at radius 2 is 1.71 bits per heavy atom. The summed E-state index contributed by atoms with van der Waals surface area (Å²) in [5, 5.41) is 22.0. The molecule has 0 aliphatic heterocycles. The Hall–Kier alpha value is -2.61. The number of nitrogens with one attached hydrogen (secondary N) is 2. The molecule has 1 unspecified atom stereocenters. The standard InChI is InChI=1S/C13H17N3O5/c14-10(5-8-1-3-9(17)4-2-8)13(21)16-6-11(18)15-7-12(19)20/h1-4,10,17H,5-7,14H2,(H,15,18)(H,16,21)(H,19,20)/p+1. The Bertz CT molecular complexity index is 515. The van der Waals surface area contributed by atoms with E-state index in [2.05, 4.69) is 16.4 Å². The number of amides is 2. The number of phenols is 1. The molecule has 7 N–H and O–H groups in total. The summed E-state index contributed by atoms with van der Waals surface area (Å²) in [6, 6.07) is 5.79. The summed E-state index contributed by atoms with van der Waals surface area (Å²) in [6.45, 7) is -0.788. The van der Waals surface area contributed by atoms with Crippen LogP contribution in [-0.4, -0.2) is 47.1 Å². The van der Waals surface area contributed by atoms with Gasteiger partial charge in [-0.15, -0.1) is 0 Å². The van der Waals surface area contributed by atoms with Crippen LogP contribution in [0, 0.1) is 0 Å². The van der Waals surface area contributed by atoms with Crippen LogP contribution in [0.2, 0.25) is 0 Å². The van der Waals surface area contributed by atoms with Crippen LogP contribution in [0.15, 0.2) is 24.3 Å². The minimum absolute atomic E-state index is 0.138. The van der Waals surface area contributed by atoms with E-state index in [1.54, 1.807) is 12.1 Å². The third-order valence-electron chi connectivity index (χ3n) is 2.65. The molecule has 0 saturated heterocycles.